The average molecular weight is 403 g/mol. The van der Waals surface area contributed by atoms with Crippen LogP contribution in [0.3, 0.4) is 0 Å². The Morgan fingerprint density at radius 3 is 2.45 bits per heavy atom. The molecule has 0 amide bonds. The standard InChI is InChI=1S/C17H25Br2N/c1-13(2)10-17(7-3-4-8-17)12-20-11-14-5-6-15(18)16(19)9-14/h5-6,9,13,20H,3-4,7-8,10-12H2,1-2H3. The Morgan fingerprint density at radius 1 is 1.15 bits per heavy atom. The zero-order valence-corrected chi connectivity index (χ0v) is 15.7. The number of nitrogens with one attached hydrogen (secondary N) is 1. The fraction of sp³-hybridized carbons (Fsp3) is 0.647. The SMILES string of the molecule is CC(C)CC1(CNCc2ccc(Br)c(Br)c2)CCCC1. The second kappa shape index (κ2) is 7.42. The zero-order chi connectivity index (χ0) is 14.6. The number of benzene rings is 1. The van der Waals surface area contributed by atoms with E-state index >= 15 is 0 Å². The van der Waals surface area contributed by atoms with E-state index in [0.29, 0.717) is 5.41 Å². The highest BCUT2D eigenvalue weighted by atomic mass is 79.9. The van der Waals surface area contributed by atoms with Crippen LogP contribution in [0.15, 0.2) is 27.1 Å². The molecule has 0 radical (unpaired) electrons. The van der Waals surface area contributed by atoms with Crippen LogP contribution in [-0.4, -0.2) is 6.54 Å². The molecule has 1 fully saturated rings. The molecule has 1 aromatic rings. The fourth-order valence-corrected chi connectivity index (χ4v) is 4.24. The topological polar surface area (TPSA) is 12.0 Å². The lowest BCUT2D eigenvalue weighted by atomic mass is 9.78. The van der Waals surface area contributed by atoms with Crippen molar-refractivity contribution in [2.45, 2.75) is 52.5 Å². The van der Waals surface area contributed by atoms with Gasteiger partial charge in [0.2, 0.25) is 0 Å². The first-order valence-corrected chi connectivity index (χ1v) is 9.24. The van der Waals surface area contributed by atoms with Gasteiger partial charge in [-0.05, 0) is 80.2 Å². The summed E-state index contributed by atoms with van der Waals surface area (Å²) in [7, 11) is 0. The van der Waals surface area contributed by atoms with Gasteiger partial charge in [0.15, 0.2) is 0 Å². The third kappa shape index (κ3) is 4.57. The summed E-state index contributed by atoms with van der Waals surface area (Å²) in [6, 6.07) is 6.49. The molecular weight excluding hydrogens is 378 g/mol. The van der Waals surface area contributed by atoms with Gasteiger partial charge in [0.25, 0.3) is 0 Å². The summed E-state index contributed by atoms with van der Waals surface area (Å²) in [5.74, 6) is 0.803. The maximum Gasteiger partial charge on any atom is 0.0320 e. The van der Waals surface area contributed by atoms with Crippen molar-refractivity contribution in [3.8, 4) is 0 Å². The van der Waals surface area contributed by atoms with E-state index in [-0.39, 0.29) is 0 Å². The second-order valence-electron chi connectivity index (χ2n) is 6.66. The maximum absolute atomic E-state index is 3.70. The van der Waals surface area contributed by atoms with Gasteiger partial charge < -0.3 is 5.32 Å². The Morgan fingerprint density at radius 2 is 1.85 bits per heavy atom. The van der Waals surface area contributed by atoms with Crippen molar-refractivity contribution < 1.29 is 0 Å². The molecule has 112 valence electrons. The maximum atomic E-state index is 3.70. The van der Waals surface area contributed by atoms with E-state index in [4.69, 9.17) is 0 Å². The van der Waals surface area contributed by atoms with Crippen LogP contribution < -0.4 is 5.32 Å². The molecule has 1 nitrogen and oxygen atoms in total. The van der Waals surface area contributed by atoms with Gasteiger partial charge in [-0.15, -0.1) is 0 Å². The molecule has 0 unspecified atom stereocenters. The summed E-state index contributed by atoms with van der Waals surface area (Å²) >= 11 is 7.09. The van der Waals surface area contributed by atoms with E-state index in [1.165, 1.54) is 44.2 Å². The first-order chi connectivity index (χ1) is 9.51. The van der Waals surface area contributed by atoms with E-state index < -0.39 is 0 Å². The summed E-state index contributed by atoms with van der Waals surface area (Å²) in [6.45, 7) is 6.84. The van der Waals surface area contributed by atoms with Gasteiger partial charge in [-0.3, -0.25) is 0 Å². The van der Waals surface area contributed by atoms with E-state index in [2.05, 4.69) is 69.2 Å². The number of rotatable bonds is 6. The van der Waals surface area contributed by atoms with Crippen LogP contribution in [-0.2, 0) is 6.54 Å². The van der Waals surface area contributed by atoms with Crippen molar-refractivity contribution in [3.63, 3.8) is 0 Å². The van der Waals surface area contributed by atoms with Crippen molar-refractivity contribution in [1.29, 1.82) is 0 Å². The first kappa shape index (κ1) is 16.5. The van der Waals surface area contributed by atoms with Crippen LogP contribution >= 0.6 is 31.9 Å². The smallest absolute Gasteiger partial charge is 0.0320 e. The summed E-state index contributed by atoms with van der Waals surface area (Å²) in [4.78, 5) is 0. The minimum atomic E-state index is 0.556. The molecule has 2 rings (SSSR count). The largest absolute Gasteiger partial charge is 0.312 e. The van der Waals surface area contributed by atoms with Crippen LogP contribution in [0.1, 0.15) is 51.5 Å². The fourth-order valence-electron chi connectivity index (χ4n) is 3.57. The molecule has 1 aliphatic carbocycles. The van der Waals surface area contributed by atoms with Crippen LogP contribution in [0, 0.1) is 11.3 Å². The molecule has 1 aliphatic rings. The Bertz CT molecular complexity index is 437. The molecule has 0 atom stereocenters. The molecular formula is C17H25Br2N. The van der Waals surface area contributed by atoms with Gasteiger partial charge >= 0.3 is 0 Å². The highest BCUT2D eigenvalue weighted by molar-refractivity contribution is 9.13. The van der Waals surface area contributed by atoms with Crippen molar-refractivity contribution >= 4 is 31.9 Å². The lowest BCUT2D eigenvalue weighted by molar-refractivity contribution is 0.223. The molecule has 20 heavy (non-hydrogen) atoms. The predicted octanol–water partition coefficient (Wildman–Crippen LogP) is 5.91. The third-order valence-corrected chi connectivity index (χ3v) is 6.20. The van der Waals surface area contributed by atoms with Crippen LogP contribution in [0.5, 0.6) is 0 Å². The summed E-state index contributed by atoms with van der Waals surface area (Å²) in [6.07, 6.45) is 7.00. The van der Waals surface area contributed by atoms with Crippen LogP contribution in [0.25, 0.3) is 0 Å². The van der Waals surface area contributed by atoms with Crippen LogP contribution in [0.4, 0.5) is 0 Å². The average Bonchev–Trinajstić information content (AvgIpc) is 2.81. The normalized spacial score (nSPS) is 17.9. The number of hydrogen-bond donors (Lipinski definition) is 1. The van der Waals surface area contributed by atoms with Gasteiger partial charge in [-0.25, -0.2) is 0 Å². The Hall–Kier alpha value is 0.140. The second-order valence-corrected chi connectivity index (χ2v) is 8.37. The minimum Gasteiger partial charge on any atom is -0.312 e. The monoisotopic (exact) mass is 401 g/mol. The van der Waals surface area contributed by atoms with Crippen molar-refractivity contribution in [2.75, 3.05) is 6.54 Å². The molecule has 0 saturated heterocycles. The Labute approximate surface area is 140 Å². The van der Waals surface area contributed by atoms with Crippen LogP contribution in [0.2, 0.25) is 0 Å². The van der Waals surface area contributed by atoms with Gasteiger partial charge in [0.05, 0.1) is 0 Å². The quantitative estimate of drug-likeness (QED) is 0.623. The first-order valence-electron chi connectivity index (χ1n) is 7.65. The van der Waals surface area contributed by atoms with Crippen molar-refractivity contribution in [3.05, 3.63) is 32.7 Å². The van der Waals surface area contributed by atoms with Crippen molar-refractivity contribution in [1.82, 2.24) is 5.32 Å². The number of halogens is 2. The molecule has 1 saturated carbocycles. The predicted molar refractivity (Wildman–Crippen MR) is 93.9 cm³/mol. The minimum absolute atomic E-state index is 0.556. The van der Waals surface area contributed by atoms with Gasteiger partial charge in [-0.1, -0.05) is 32.8 Å². The molecule has 1 N–H and O–H groups in total. The molecule has 0 bridgehead atoms. The molecule has 0 aromatic heterocycles. The molecule has 0 spiro atoms. The lowest BCUT2D eigenvalue weighted by Crippen LogP contribution is -2.33. The zero-order valence-electron chi connectivity index (χ0n) is 12.5. The lowest BCUT2D eigenvalue weighted by Gasteiger charge is -2.31. The summed E-state index contributed by atoms with van der Waals surface area (Å²) < 4.78 is 2.25. The van der Waals surface area contributed by atoms with E-state index in [0.717, 1.165) is 21.4 Å². The highest BCUT2D eigenvalue weighted by Gasteiger charge is 2.33. The van der Waals surface area contributed by atoms with Crippen molar-refractivity contribution in [2.24, 2.45) is 11.3 Å². The van der Waals surface area contributed by atoms with E-state index in [1.807, 2.05) is 0 Å². The number of hydrogen-bond acceptors (Lipinski definition) is 1. The highest BCUT2D eigenvalue weighted by Crippen LogP contribution is 2.42. The van der Waals surface area contributed by atoms with E-state index in [1.54, 1.807) is 0 Å². The van der Waals surface area contributed by atoms with Gasteiger partial charge in [0.1, 0.15) is 0 Å². The van der Waals surface area contributed by atoms with Gasteiger partial charge in [0, 0.05) is 22.0 Å². The molecule has 0 heterocycles. The Kier molecular flexibility index (Phi) is 6.12. The molecule has 3 heteroatoms. The molecule has 0 aliphatic heterocycles. The summed E-state index contributed by atoms with van der Waals surface area (Å²) in [5.41, 5.74) is 1.90. The Balaban J connectivity index is 1.88. The summed E-state index contributed by atoms with van der Waals surface area (Å²) in [5, 5.41) is 3.70. The van der Waals surface area contributed by atoms with E-state index in [9.17, 15) is 0 Å². The van der Waals surface area contributed by atoms with Gasteiger partial charge in [-0.2, -0.15) is 0 Å². The third-order valence-electron chi connectivity index (χ3n) is 4.32. The molecule has 1 aromatic carbocycles.